The monoisotopic (exact) mass is 300 g/mol. The number of hydrogen-bond donors (Lipinski definition) is 0. The Labute approximate surface area is 129 Å². The Morgan fingerprint density at radius 3 is 2.00 bits per heavy atom. The number of hydrogen-bond acceptors (Lipinski definition) is 4. The average Bonchev–Trinajstić information content (AvgIpc) is 2.54. The van der Waals surface area contributed by atoms with Crippen LogP contribution in [0.15, 0.2) is 0 Å². The van der Waals surface area contributed by atoms with Crippen LogP contribution in [0.25, 0.3) is 0 Å². The fraction of sp³-hybridized carbons (Fsp3) is 1.00. The van der Waals surface area contributed by atoms with Crippen LogP contribution in [0, 0.1) is 11.8 Å². The van der Waals surface area contributed by atoms with Gasteiger partial charge in [-0.05, 0) is 19.3 Å². The van der Waals surface area contributed by atoms with E-state index < -0.39 is 0 Å². The summed E-state index contributed by atoms with van der Waals surface area (Å²) in [6, 6.07) is 0. The molecular formula is C17H32O4. The second-order valence-electron chi connectivity index (χ2n) is 6.40. The van der Waals surface area contributed by atoms with Gasteiger partial charge in [0.2, 0.25) is 0 Å². The van der Waals surface area contributed by atoms with Gasteiger partial charge in [-0.1, -0.05) is 39.5 Å². The quantitative estimate of drug-likeness (QED) is 0.640. The van der Waals surface area contributed by atoms with Crippen LogP contribution in [0.1, 0.15) is 58.8 Å². The predicted molar refractivity (Wildman–Crippen MR) is 82.0 cm³/mol. The first-order chi connectivity index (χ1) is 10.3. The third-order valence-corrected chi connectivity index (χ3v) is 4.38. The van der Waals surface area contributed by atoms with Crippen LogP contribution in [-0.4, -0.2) is 39.0 Å². The summed E-state index contributed by atoms with van der Waals surface area (Å²) in [6.07, 6.45) is 8.22. The number of ether oxygens (including phenoxy) is 4. The zero-order valence-electron chi connectivity index (χ0n) is 13.7. The second kappa shape index (κ2) is 9.78. The molecule has 4 nitrogen and oxygen atoms in total. The first-order valence-corrected chi connectivity index (χ1v) is 8.79. The van der Waals surface area contributed by atoms with Crippen molar-refractivity contribution >= 4 is 0 Å². The van der Waals surface area contributed by atoms with Crippen LogP contribution in [0.3, 0.4) is 0 Å². The van der Waals surface area contributed by atoms with Crippen LogP contribution >= 0.6 is 0 Å². The molecule has 0 bridgehead atoms. The SMILES string of the molecule is CCCCCC1OCC(C2OCC(CCCC)CO2)CO1. The predicted octanol–water partition coefficient (Wildman–Crippen LogP) is 3.74. The van der Waals surface area contributed by atoms with E-state index in [1.807, 2.05) is 0 Å². The normalized spacial score (nSPS) is 34.0. The van der Waals surface area contributed by atoms with Crippen LogP contribution in [-0.2, 0) is 18.9 Å². The molecule has 0 spiro atoms. The maximum absolute atomic E-state index is 5.88. The molecule has 0 aromatic carbocycles. The Hall–Kier alpha value is -0.160. The molecule has 124 valence electrons. The highest BCUT2D eigenvalue weighted by molar-refractivity contribution is 4.72. The van der Waals surface area contributed by atoms with Gasteiger partial charge in [0.05, 0.1) is 32.3 Å². The van der Waals surface area contributed by atoms with E-state index in [9.17, 15) is 0 Å². The molecule has 2 heterocycles. The van der Waals surface area contributed by atoms with Crippen LogP contribution < -0.4 is 0 Å². The summed E-state index contributed by atoms with van der Waals surface area (Å²) < 4.78 is 23.4. The van der Waals surface area contributed by atoms with Crippen LogP contribution in [0.5, 0.6) is 0 Å². The first kappa shape index (κ1) is 17.2. The molecule has 2 fully saturated rings. The van der Waals surface area contributed by atoms with E-state index in [0.717, 1.165) is 19.6 Å². The van der Waals surface area contributed by atoms with Gasteiger partial charge in [0.15, 0.2) is 12.6 Å². The minimum Gasteiger partial charge on any atom is -0.352 e. The van der Waals surface area contributed by atoms with E-state index in [2.05, 4.69) is 13.8 Å². The highest BCUT2D eigenvalue weighted by Crippen LogP contribution is 2.25. The average molecular weight is 300 g/mol. The molecule has 2 aliphatic heterocycles. The summed E-state index contributed by atoms with van der Waals surface area (Å²) in [5.74, 6) is 0.785. The van der Waals surface area contributed by atoms with Gasteiger partial charge in [0, 0.05) is 5.92 Å². The van der Waals surface area contributed by atoms with E-state index in [4.69, 9.17) is 18.9 Å². The summed E-state index contributed by atoms with van der Waals surface area (Å²) in [5.41, 5.74) is 0. The van der Waals surface area contributed by atoms with Crippen molar-refractivity contribution in [1.82, 2.24) is 0 Å². The molecule has 0 unspecified atom stereocenters. The van der Waals surface area contributed by atoms with E-state index >= 15 is 0 Å². The van der Waals surface area contributed by atoms with E-state index in [0.29, 0.717) is 19.1 Å². The van der Waals surface area contributed by atoms with Crippen molar-refractivity contribution in [1.29, 1.82) is 0 Å². The summed E-state index contributed by atoms with van der Waals surface area (Å²) in [4.78, 5) is 0. The summed E-state index contributed by atoms with van der Waals surface area (Å²) >= 11 is 0. The smallest absolute Gasteiger partial charge is 0.164 e. The van der Waals surface area contributed by atoms with Gasteiger partial charge in [-0.15, -0.1) is 0 Å². The van der Waals surface area contributed by atoms with Crippen LogP contribution in [0.2, 0.25) is 0 Å². The maximum atomic E-state index is 5.88. The van der Waals surface area contributed by atoms with Gasteiger partial charge in [0.1, 0.15) is 0 Å². The number of rotatable bonds is 8. The molecular weight excluding hydrogens is 268 g/mol. The minimum absolute atomic E-state index is 0.0197. The Morgan fingerprint density at radius 1 is 0.714 bits per heavy atom. The first-order valence-electron chi connectivity index (χ1n) is 8.79. The molecule has 0 aliphatic carbocycles. The summed E-state index contributed by atoms with van der Waals surface area (Å²) in [6.45, 7) is 7.47. The van der Waals surface area contributed by atoms with Crippen molar-refractivity contribution in [3.63, 3.8) is 0 Å². The zero-order chi connectivity index (χ0) is 14.9. The fourth-order valence-corrected chi connectivity index (χ4v) is 2.93. The number of unbranched alkanes of at least 4 members (excludes halogenated alkanes) is 3. The van der Waals surface area contributed by atoms with Gasteiger partial charge in [-0.25, -0.2) is 0 Å². The largest absolute Gasteiger partial charge is 0.352 e. The summed E-state index contributed by atoms with van der Waals surface area (Å²) in [5, 5.41) is 0. The van der Waals surface area contributed by atoms with Crippen molar-refractivity contribution in [2.45, 2.75) is 71.4 Å². The molecule has 2 rings (SSSR count). The Balaban J connectivity index is 1.60. The minimum atomic E-state index is -0.139. The Kier molecular flexibility index (Phi) is 8.01. The molecule has 0 amide bonds. The van der Waals surface area contributed by atoms with Crippen molar-refractivity contribution < 1.29 is 18.9 Å². The standard InChI is InChI=1S/C17H32O4/c1-3-5-7-9-16-18-12-15(13-19-16)17-20-10-14(11-21-17)8-6-4-2/h14-17H,3-13H2,1-2H3. The van der Waals surface area contributed by atoms with E-state index in [1.54, 1.807) is 0 Å². The van der Waals surface area contributed by atoms with Gasteiger partial charge in [-0.2, -0.15) is 0 Å². The topological polar surface area (TPSA) is 36.9 Å². The van der Waals surface area contributed by atoms with E-state index in [-0.39, 0.29) is 18.5 Å². The Morgan fingerprint density at radius 2 is 1.38 bits per heavy atom. The lowest BCUT2D eigenvalue weighted by molar-refractivity contribution is -0.281. The fourth-order valence-electron chi connectivity index (χ4n) is 2.93. The van der Waals surface area contributed by atoms with Gasteiger partial charge in [0.25, 0.3) is 0 Å². The molecule has 0 atom stereocenters. The molecule has 0 aromatic rings. The molecule has 2 saturated heterocycles. The zero-order valence-corrected chi connectivity index (χ0v) is 13.7. The van der Waals surface area contributed by atoms with Crippen molar-refractivity contribution in [2.75, 3.05) is 26.4 Å². The maximum Gasteiger partial charge on any atom is 0.164 e. The lowest BCUT2D eigenvalue weighted by Crippen LogP contribution is -2.44. The third kappa shape index (κ3) is 5.85. The van der Waals surface area contributed by atoms with E-state index in [1.165, 1.54) is 38.5 Å². The van der Waals surface area contributed by atoms with Gasteiger partial charge in [-0.3, -0.25) is 0 Å². The van der Waals surface area contributed by atoms with Crippen molar-refractivity contribution in [2.24, 2.45) is 11.8 Å². The highest BCUT2D eigenvalue weighted by Gasteiger charge is 2.33. The van der Waals surface area contributed by atoms with Gasteiger partial charge >= 0.3 is 0 Å². The molecule has 0 saturated carbocycles. The van der Waals surface area contributed by atoms with Crippen LogP contribution in [0.4, 0.5) is 0 Å². The molecule has 2 aliphatic rings. The van der Waals surface area contributed by atoms with Crippen molar-refractivity contribution in [3.05, 3.63) is 0 Å². The molecule has 0 aromatic heterocycles. The second-order valence-corrected chi connectivity index (χ2v) is 6.40. The molecule has 0 radical (unpaired) electrons. The lowest BCUT2D eigenvalue weighted by atomic mass is 10.0. The lowest BCUT2D eigenvalue weighted by Gasteiger charge is -2.37. The Bertz CT molecular complexity index is 256. The highest BCUT2D eigenvalue weighted by atomic mass is 16.7. The molecule has 4 heteroatoms. The van der Waals surface area contributed by atoms with Gasteiger partial charge < -0.3 is 18.9 Å². The summed E-state index contributed by atoms with van der Waals surface area (Å²) in [7, 11) is 0. The third-order valence-electron chi connectivity index (χ3n) is 4.38. The molecule has 0 N–H and O–H groups in total. The van der Waals surface area contributed by atoms with Crippen molar-refractivity contribution in [3.8, 4) is 0 Å². The molecule has 21 heavy (non-hydrogen) atoms.